The van der Waals surface area contributed by atoms with E-state index in [1.54, 1.807) is 0 Å². The highest BCUT2D eigenvalue weighted by Gasteiger charge is 2.14. The number of hydrogen-bond acceptors (Lipinski definition) is 2. The van der Waals surface area contributed by atoms with Gasteiger partial charge in [0.2, 0.25) is 0 Å². The van der Waals surface area contributed by atoms with Crippen LogP contribution in [0, 0.1) is 6.92 Å². The number of aryl methyl sites for hydroxylation is 2. The van der Waals surface area contributed by atoms with Gasteiger partial charge in [-0.15, -0.1) is 0 Å². The van der Waals surface area contributed by atoms with E-state index in [9.17, 15) is 0 Å². The van der Waals surface area contributed by atoms with Crippen molar-refractivity contribution in [3.63, 3.8) is 0 Å². The molecule has 1 saturated heterocycles. The molecule has 0 spiro atoms. The van der Waals surface area contributed by atoms with E-state index < -0.39 is 0 Å². The molecular formula is C16H20ClN3. The first-order valence-corrected chi connectivity index (χ1v) is 7.62. The molecule has 2 aromatic rings. The van der Waals surface area contributed by atoms with Gasteiger partial charge in [-0.1, -0.05) is 23.7 Å². The Kier molecular flexibility index (Phi) is 4.08. The van der Waals surface area contributed by atoms with Crippen LogP contribution in [0.4, 0.5) is 0 Å². The van der Waals surface area contributed by atoms with E-state index in [0.29, 0.717) is 6.04 Å². The standard InChI is InChI=1S/C16H20ClN3/c1-12-4-5-13(9-15(12)17)16-10-18-11-20(16)8-6-14-3-2-7-19-14/h4-5,9-11,14,19H,2-3,6-8H2,1H3. The molecule has 4 heteroatoms. The summed E-state index contributed by atoms with van der Waals surface area (Å²) in [6.45, 7) is 4.18. The van der Waals surface area contributed by atoms with Crippen LogP contribution in [0.2, 0.25) is 5.02 Å². The topological polar surface area (TPSA) is 29.9 Å². The molecule has 0 amide bonds. The molecule has 1 atom stereocenters. The third kappa shape index (κ3) is 2.89. The van der Waals surface area contributed by atoms with Crippen molar-refractivity contribution >= 4 is 11.6 Å². The smallest absolute Gasteiger partial charge is 0.0950 e. The number of nitrogens with zero attached hydrogens (tertiary/aromatic N) is 2. The summed E-state index contributed by atoms with van der Waals surface area (Å²) in [6.07, 6.45) is 7.58. The van der Waals surface area contributed by atoms with Gasteiger partial charge in [0.15, 0.2) is 0 Å². The molecule has 0 bridgehead atoms. The summed E-state index contributed by atoms with van der Waals surface area (Å²) in [4.78, 5) is 4.30. The molecule has 2 heterocycles. The van der Waals surface area contributed by atoms with Crippen LogP contribution in [0.5, 0.6) is 0 Å². The first kappa shape index (κ1) is 13.7. The van der Waals surface area contributed by atoms with Crippen molar-refractivity contribution in [3.8, 4) is 11.3 Å². The van der Waals surface area contributed by atoms with Crippen molar-refractivity contribution < 1.29 is 0 Å². The fraction of sp³-hybridized carbons (Fsp3) is 0.438. The van der Waals surface area contributed by atoms with Gasteiger partial charge in [0.1, 0.15) is 0 Å². The molecule has 20 heavy (non-hydrogen) atoms. The van der Waals surface area contributed by atoms with Crippen molar-refractivity contribution in [1.29, 1.82) is 0 Å². The summed E-state index contributed by atoms with van der Waals surface area (Å²) in [5.41, 5.74) is 3.39. The lowest BCUT2D eigenvalue weighted by molar-refractivity contribution is 0.507. The fourth-order valence-electron chi connectivity index (χ4n) is 2.79. The minimum absolute atomic E-state index is 0.659. The third-order valence-electron chi connectivity index (χ3n) is 4.06. The summed E-state index contributed by atoms with van der Waals surface area (Å²) in [5.74, 6) is 0. The Morgan fingerprint density at radius 2 is 2.35 bits per heavy atom. The van der Waals surface area contributed by atoms with Crippen molar-refractivity contribution in [3.05, 3.63) is 41.3 Å². The van der Waals surface area contributed by atoms with E-state index in [1.165, 1.54) is 12.8 Å². The van der Waals surface area contributed by atoms with Crippen LogP contribution in [0.15, 0.2) is 30.7 Å². The number of halogens is 1. The molecule has 3 nitrogen and oxygen atoms in total. The Morgan fingerprint density at radius 3 is 3.10 bits per heavy atom. The molecular weight excluding hydrogens is 270 g/mol. The van der Waals surface area contributed by atoms with Gasteiger partial charge in [-0.2, -0.15) is 0 Å². The molecule has 0 saturated carbocycles. The zero-order valence-corrected chi connectivity index (χ0v) is 12.5. The minimum atomic E-state index is 0.659. The molecule has 1 aliphatic heterocycles. The molecule has 1 fully saturated rings. The molecule has 1 N–H and O–H groups in total. The summed E-state index contributed by atoms with van der Waals surface area (Å²) in [5, 5.41) is 4.35. The number of rotatable bonds is 4. The largest absolute Gasteiger partial charge is 0.331 e. The molecule has 0 aliphatic carbocycles. The molecule has 1 aromatic heterocycles. The number of hydrogen-bond donors (Lipinski definition) is 1. The Labute approximate surface area is 125 Å². The normalized spacial score (nSPS) is 18.6. The summed E-state index contributed by atoms with van der Waals surface area (Å²) < 4.78 is 2.22. The van der Waals surface area contributed by atoms with E-state index in [4.69, 9.17) is 11.6 Å². The van der Waals surface area contributed by atoms with Crippen LogP contribution in [-0.4, -0.2) is 22.1 Å². The highest BCUT2D eigenvalue weighted by atomic mass is 35.5. The Hall–Kier alpha value is -1.32. The Morgan fingerprint density at radius 1 is 1.45 bits per heavy atom. The van der Waals surface area contributed by atoms with Crippen LogP contribution in [-0.2, 0) is 6.54 Å². The van der Waals surface area contributed by atoms with E-state index >= 15 is 0 Å². The molecule has 3 rings (SSSR count). The lowest BCUT2D eigenvalue weighted by atomic mass is 10.1. The van der Waals surface area contributed by atoms with Gasteiger partial charge in [-0.3, -0.25) is 0 Å². The van der Waals surface area contributed by atoms with Crippen LogP contribution < -0.4 is 5.32 Å². The second kappa shape index (κ2) is 5.98. The molecule has 1 aliphatic rings. The van der Waals surface area contributed by atoms with E-state index in [1.807, 2.05) is 25.5 Å². The zero-order valence-electron chi connectivity index (χ0n) is 11.8. The maximum atomic E-state index is 6.22. The molecule has 1 unspecified atom stereocenters. The van der Waals surface area contributed by atoms with E-state index in [2.05, 4.69) is 27.0 Å². The van der Waals surface area contributed by atoms with Gasteiger partial charge in [0, 0.05) is 23.2 Å². The van der Waals surface area contributed by atoms with E-state index in [-0.39, 0.29) is 0 Å². The SMILES string of the molecule is Cc1ccc(-c2cncn2CCC2CCCN2)cc1Cl. The van der Waals surface area contributed by atoms with Gasteiger partial charge in [-0.25, -0.2) is 4.98 Å². The van der Waals surface area contributed by atoms with Gasteiger partial charge in [-0.05, 0) is 44.4 Å². The van der Waals surface area contributed by atoms with Crippen molar-refractivity contribution in [2.75, 3.05) is 6.54 Å². The predicted octanol–water partition coefficient (Wildman–Crippen LogP) is 3.65. The first-order chi connectivity index (χ1) is 9.74. The first-order valence-electron chi connectivity index (χ1n) is 7.24. The maximum Gasteiger partial charge on any atom is 0.0950 e. The number of nitrogens with one attached hydrogen (secondary N) is 1. The van der Waals surface area contributed by atoms with Gasteiger partial charge >= 0.3 is 0 Å². The Balaban J connectivity index is 1.76. The monoisotopic (exact) mass is 289 g/mol. The number of imidazole rings is 1. The molecule has 0 radical (unpaired) electrons. The summed E-state index contributed by atoms with van der Waals surface area (Å²) >= 11 is 6.22. The third-order valence-corrected chi connectivity index (χ3v) is 4.47. The highest BCUT2D eigenvalue weighted by molar-refractivity contribution is 6.31. The highest BCUT2D eigenvalue weighted by Crippen LogP contribution is 2.25. The second-order valence-corrected chi connectivity index (χ2v) is 5.93. The van der Waals surface area contributed by atoms with Gasteiger partial charge in [0.05, 0.1) is 18.2 Å². The molecule has 106 valence electrons. The number of benzene rings is 1. The van der Waals surface area contributed by atoms with Crippen LogP contribution in [0.25, 0.3) is 11.3 Å². The average molecular weight is 290 g/mol. The van der Waals surface area contributed by atoms with Crippen molar-refractivity contribution in [2.45, 2.75) is 38.8 Å². The quantitative estimate of drug-likeness (QED) is 0.931. The van der Waals surface area contributed by atoms with Crippen molar-refractivity contribution in [1.82, 2.24) is 14.9 Å². The molecule has 1 aromatic carbocycles. The zero-order chi connectivity index (χ0) is 13.9. The number of aromatic nitrogens is 2. The minimum Gasteiger partial charge on any atom is -0.331 e. The predicted molar refractivity (Wildman–Crippen MR) is 83.1 cm³/mol. The van der Waals surface area contributed by atoms with Crippen LogP contribution >= 0.6 is 11.6 Å². The van der Waals surface area contributed by atoms with Gasteiger partial charge < -0.3 is 9.88 Å². The summed E-state index contributed by atoms with van der Waals surface area (Å²) in [7, 11) is 0. The average Bonchev–Trinajstić information content (AvgIpc) is 3.10. The fourth-order valence-corrected chi connectivity index (χ4v) is 2.97. The van der Waals surface area contributed by atoms with Crippen LogP contribution in [0.1, 0.15) is 24.8 Å². The van der Waals surface area contributed by atoms with Crippen LogP contribution in [0.3, 0.4) is 0 Å². The lowest BCUT2D eigenvalue weighted by Gasteiger charge is -2.13. The lowest BCUT2D eigenvalue weighted by Crippen LogP contribution is -2.22. The Bertz CT molecular complexity index is 585. The summed E-state index contributed by atoms with van der Waals surface area (Å²) in [6, 6.07) is 6.86. The van der Waals surface area contributed by atoms with E-state index in [0.717, 1.165) is 41.4 Å². The van der Waals surface area contributed by atoms with Crippen molar-refractivity contribution in [2.24, 2.45) is 0 Å². The second-order valence-electron chi connectivity index (χ2n) is 5.52. The van der Waals surface area contributed by atoms with Gasteiger partial charge in [0.25, 0.3) is 0 Å². The maximum absolute atomic E-state index is 6.22.